The second-order valence-corrected chi connectivity index (χ2v) is 7.31. The Balaban J connectivity index is 2.38. The van der Waals surface area contributed by atoms with Crippen LogP contribution in [0.1, 0.15) is 23.9 Å². The molecule has 0 aliphatic carbocycles. The van der Waals surface area contributed by atoms with Crippen molar-refractivity contribution in [3.8, 4) is 22.8 Å². The summed E-state index contributed by atoms with van der Waals surface area (Å²) in [6.07, 6.45) is 0.336. The third kappa shape index (κ3) is 5.29. The maximum Gasteiger partial charge on any atom is 0.308 e. The largest absolute Gasteiger partial charge is 0.502 e. The van der Waals surface area contributed by atoms with Crippen LogP contribution in [0.4, 0.5) is 0 Å². The Hall–Kier alpha value is -1.39. The molecule has 3 N–H and O–H groups in total. The predicted octanol–water partition coefficient (Wildman–Crippen LogP) is 3.78. The second-order valence-electron chi connectivity index (χ2n) is 4.98. The fraction of sp³-hybridized carbons (Fsp3) is 0.267. The Morgan fingerprint density at radius 3 is 2.84 bits per heavy atom. The summed E-state index contributed by atoms with van der Waals surface area (Å²) in [4.78, 5) is 10.9. The van der Waals surface area contributed by atoms with Crippen LogP contribution in [-0.4, -0.2) is 26.4 Å². The molecule has 0 fully saturated rings. The van der Waals surface area contributed by atoms with Gasteiger partial charge in [-0.2, -0.15) is 0 Å². The highest BCUT2D eigenvalue weighted by Crippen LogP contribution is 2.48. The molecule has 2 unspecified atom stereocenters. The number of ether oxygens (including phenoxy) is 1. The van der Waals surface area contributed by atoms with E-state index >= 15 is 0 Å². The molecule has 0 aliphatic rings. The van der Waals surface area contributed by atoms with E-state index in [1.54, 1.807) is 24.3 Å². The fourth-order valence-electron chi connectivity index (χ4n) is 2.10. The van der Waals surface area contributed by atoms with E-state index in [1.807, 2.05) is 0 Å². The highest BCUT2D eigenvalue weighted by molar-refractivity contribution is 9.09. The van der Waals surface area contributed by atoms with Gasteiger partial charge < -0.3 is 14.3 Å². The summed E-state index contributed by atoms with van der Waals surface area (Å²) in [5.74, 6) is -0.751. The van der Waals surface area contributed by atoms with Crippen LogP contribution in [0.5, 0.6) is 11.5 Å². The summed E-state index contributed by atoms with van der Waals surface area (Å²) in [6.45, 7) is 1.39. The zero-order valence-corrected chi connectivity index (χ0v) is 16.2. The monoisotopic (exact) mass is 451 g/mol. The number of benzene rings is 1. The molecule has 7 nitrogen and oxygen atoms in total. The number of carbonyl (C=O) groups excluding carboxylic acids is 1. The predicted molar refractivity (Wildman–Crippen MR) is 97.2 cm³/mol. The molecule has 25 heavy (non-hydrogen) atoms. The van der Waals surface area contributed by atoms with E-state index in [0.717, 1.165) is 0 Å². The van der Waals surface area contributed by atoms with Gasteiger partial charge in [-0.15, -0.1) is 0 Å². The van der Waals surface area contributed by atoms with Gasteiger partial charge in [-0.05, 0) is 18.6 Å². The van der Waals surface area contributed by atoms with E-state index in [4.69, 9.17) is 25.3 Å². The molecule has 1 aromatic heterocycles. The molecule has 2 aromatic rings. The number of rotatable bonds is 7. The van der Waals surface area contributed by atoms with Gasteiger partial charge in [-0.1, -0.05) is 39.7 Å². The first kappa shape index (κ1) is 19.9. The Bertz CT molecular complexity index is 796. The molecule has 0 radical (unpaired) electrons. The standard InChI is InChI=1S/C15H15BrClNO6S/c1-8(19)23-15-12(20)13(9-3-2-4-10(17)7-9)24-14(15)11(16)5-6-18-25(21)22/h2-4,7,11,18,20H,5-6H2,1H3,(H,21,22). The number of aromatic hydroxyl groups is 1. The Labute approximate surface area is 159 Å². The highest BCUT2D eigenvalue weighted by Gasteiger charge is 2.28. The molecule has 2 rings (SSSR count). The van der Waals surface area contributed by atoms with Crippen LogP contribution >= 0.6 is 27.5 Å². The Morgan fingerprint density at radius 2 is 2.24 bits per heavy atom. The zero-order chi connectivity index (χ0) is 18.6. The number of carbonyl (C=O) groups is 1. The lowest BCUT2D eigenvalue weighted by atomic mass is 10.1. The molecule has 1 heterocycles. The summed E-state index contributed by atoms with van der Waals surface area (Å²) in [6, 6.07) is 6.65. The van der Waals surface area contributed by atoms with Gasteiger partial charge in [0.25, 0.3) is 0 Å². The van der Waals surface area contributed by atoms with Crippen LogP contribution in [0.2, 0.25) is 5.02 Å². The van der Waals surface area contributed by atoms with Gasteiger partial charge >= 0.3 is 5.97 Å². The summed E-state index contributed by atoms with van der Waals surface area (Å²) in [5.41, 5.74) is 0.513. The third-order valence-electron chi connectivity index (χ3n) is 3.11. The van der Waals surface area contributed by atoms with E-state index in [2.05, 4.69) is 20.7 Å². The number of alkyl halides is 1. The Kier molecular flexibility index (Phi) is 7.03. The Morgan fingerprint density at radius 1 is 1.52 bits per heavy atom. The number of hydrogen-bond donors (Lipinski definition) is 3. The lowest BCUT2D eigenvalue weighted by molar-refractivity contribution is -0.132. The van der Waals surface area contributed by atoms with Gasteiger partial charge in [-0.3, -0.25) is 9.35 Å². The third-order valence-corrected chi connectivity index (χ3v) is 4.67. The van der Waals surface area contributed by atoms with Crippen molar-refractivity contribution in [3.63, 3.8) is 0 Å². The van der Waals surface area contributed by atoms with Gasteiger partial charge in [0, 0.05) is 24.1 Å². The normalized spacial score (nSPS) is 13.4. The minimum absolute atomic E-state index is 0.102. The molecule has 0 saturated carbocycles. The molecule has 2 atom stereocenters. The van der Waals surface area contributed by atoms with E-state index in [9.17, 15) is 14.1 Å². The van der Waals surface area contributed by atoms with Crippen LogP contribution in [0.15, 0.2) is 28.7 Å². The topological polar surface area (TPSA) is 109 Å². The lowest BCUT2D eigenvalue weighted by Crippen LogP contribution is -2.18. The van der Waals surface area contributed by atoms with Crippen LogP contribution in [0.3, 0.4) is 0 Å². The first-order valence-corrected chi connectivity index (χ1v) is 9.48. The first-order valence-electron chi connectivity index (χ1n) is 7.08. The highest BCUT2D eigenvalue weighted by atomic mass is 79.9. The number of hydrogen-bond acceptors (Lipinski definition) is 5. The average Bonchev–Trinajstić information content (AvgIpc) is 2.83. The van der Waals surface area contributed by atoms with E-state index in [0.29, 0.717) is 17.0 Å². The molecule has 0 aliphatic heterocycles. The zero-order valence-electron chi connectivity index (χ0n) is 13.0. The molecule has 1 aromatic carbocycles. The van der Waals surface area contributed by atoms with Crippen LogP contribution in [-0.2, 0) is 16.1 Å². The molecule has 0 bridgehead atoms. The minimum atomic E-state index is -2.14. The van der Waals surface area contributed by atoms with Crippen molar-refractivity contribution >= 4 is 44.8 Å². The average molecular weight is 453 g/mol. The number of furan rings is 1. The fourth-order valence-corrected chi connectivity index (χ4v) is 3.12. The molecule has 136 valence electrons. The van der Waals surface area contributed by atoms with E-state index in [1.165, 1.54) is 6.92 Å². The van der Waals surface area contributed by atoms with E-state index < -0.39 is 22.1 Å². The van der Waals surface area contributed by atoms with Crippen molar-refractivity contribution in [2.75, 3.05) is 6.54 Å². The maximum absolute atomic E-state index is 11.3. The van der Waals surface area contributed by atoms with Crippen molar-refractivity contribution in [1.82, 2.24) is 4.72 Å². The SMILES string of the molecule is CC(=O)Oc1c(C(Br)CCNS(=O)O)oc(-c2cccc(Cl)c2)c1O. The summed E-state index contributed by atoms with van der Waals surface area (Å²) >= 11 is 7.19. The minimum Gasteiger partial charge on any atom is -0.502 e. The first-order chi connectivity index (χ1) is 11.8. The van der Waals surface area contributed by atoms with Crippen molar-refractivity contribution < 1.29 is 27.8 Å². The summed E-state index contributed by atoms with van der Waals surface area (Å²) in [7, 11) is 0. The van der Waals surface area contributed by atoms with Crippen molar-refractivity contribution in [2.24, 2.45) is 0 Å². The maximum atomic E-state index is 11.3. The molecule has 0 spiro atoms. The van der Waals surface area contributed by atoms with Crippen LogP contribution < -0.4 is 9.46 Å². The number of halogens is 2. The van der Waals surface area contributed by atoms with E-state index in [-0.39, 0.29) is 29.6 Å². The number of nitrogens with one attached hydrogen (secondary N) is 1. The van der Waals surface area contributed by atoms with Gasteiger partial charge in [-0.25, -0.2) is 8.93 Å². The molecule has 0 saturated heterocycles. The number of esters is 1. The molecule has 0 amide bonds. The van der Waals surface area contributed by atoms with Gasteiger partial charge in [0.15, 0.2) is 11.5 Å². The van der Waals surface area contributed by atoms with Crippen molar-refractivity contribution in [2.45, 2.75) is 18.2 Å². The smallest absolute Gasteiger partial charge is 0.308 e. The van der Waals surface area contributed by atoms with Gasteiger partial charge in [0.1, 0.15) is 0 Å². The summed E-state index contributed by atoms with van der Waals surface area (Å²) in [5, 5.41) is 10.9. The van der Waals surface area contributed by atoms with Crippen LogP contribution in [0.25, 0.3) is 11.3 Å². The lowest BCUT2D eigenvalue weighted by Gasteiger charge is -2.08. The van der Waals surface area contributed by atoms with Crippen molar-refractivity contribution in [1.29, 1.82) is 0 Å². The van der Waals surface area contributed by atoms with Gasteiger partial charge in [0.05, 0.1) is 4.83 Å². The summed E-state index contributed by atoms with van der Waals surface area (Å²) < 4.78 is 32.5. The molecular formula is C15H15BrClNO6S. The van der Waals surface area contributed by atoms with Crippen molar-refractivity contribution in [3.05, 3.63) is 35.0 Å². The van der Waals surface area contributed by atoms with Gasteiger partial charge in [0.2, 0.25) is 22.8 Å². The molecule has 10 heteroatoms. The second kappa shape index (κ2) is 8.81. The quantitative estimate of drug-likeness (QED) is 0.335. The van der Waals surface area contributed by atoms with Crippen LogP contribution in [0, 0.1) is 0 Å². The molecular weight excluding hydrogens is 438 g/mol.